The number of nitrogens with zero attached hydrogens (tertiary/aromatic N) is 2. The molecule has 1 fully saturated rings. The Bertz CT molecular complexity index is 1040. The second-order valence-corrected chi connectivity index (χ2v) is 9.45. The molecule has 1 saturated heterocycles. The predicted molar refractivity (Wildman–Crippen MR) is 114 cm³/mol. The van der Waals surface area contributed by atoms with E-state index >= 15 is 0 Å². The monoisotopic (exact) mass is 430 g/mol. The maximum Gasteiger partial charge on any atom is 0.256 e. The van der Waals surface area contributed by atoms with Crippen LogP contribution in [0.1, 0.15) is 34.3 Å². The molecule has 3 rings (SSSR count). The second-order valence-electron chi connectivity index (χ2n) is 7.10. The summed E-state index contributed by atoms with van der Waals surface area (Å²) in [7, 11) is -3.65. The van der Waals surface area contributed by atoms with Crippen LogP contribution < -0.4 is 0 Å². The standard InChI is InChI=1S/C22H23ClN2O3S/c1-3-12-24(16-18-8-6-17(2)7-9-18)22(26)20-15-19(10-11-21(20)23)29(27,28)25-13-4-5-14-25/h1,6-11,15H,4-5,12-14,16H2,2H3. The molecule has 2 aromatic carbocycles. The highest BCUT2D eigenvalue weighted by Crippen LogP contribution is 2.26. The van der Waals surface area contributed by atoms with Crippen molar-refractivity contribution in [3.8, 4) is 12.3 Å². The fourth-order valence-corrected chi connectivity index (χ4v) is 5.04. The van der Waals surface area contributed by atoms with E-state index in [1.165, 1.54) is 27.4 Å². The lowest BCUT2D eigenvalue weighted by molar-refractivity contribution is 0.0765. The van der Waals surface area contributed by atoms with Gasteiger partial charge in [-0.25, -0.2) is 8.42 Å². The van der Waals surface area contributed by atoms with Gasteiger partial charge in [-0.05, 0) is 43.5 Å². The summed E-state index contributed by atoms with van der Waals surface area (Å²) in [6, 6.07) is 12.0. The van der Waals surface area contributed by atoms with Crippen LogP contribution in [0.25, 0.3) is 0 Å². The zero-order valence-corrected chi connectivity index (χ0v) is 17.8. The van der Waals surface area contributed by atoms with Crippen LogP contribution in [-0.4, -0.2) is 43.2 Å². The molecular weight excluding hydrogens is 408 g/mol. The average Bonchev–Trinajstić information content (AvgIpc) is 3.25. The number of carbonyl (C=O) groups is 1. The van der Waals surface area contributed by atoms with Crippen LogP contribution in [0.2, 0.25) is 5.02 Å². The van der Waals surface area contributed by atoms with Crippen molar-refractivity contribution in [3.63, 3.8) is 0 Å². The van der Waals surface area contributed by atoms with Crippen LogP contribution in [-0.2, 0) is 16.6 Å². The zero-order chi connectivity index (χ0) is 21.0. The number of terminal acetylenes is 1. The van der Waals surface area contributed by atoms with Crippen molar-refractivity contribution in [2.75, 3.05) is 19.6 Å². The highest BCUT2D eigenvalue weighted by molar-refractivity contribution is 7.89. The summed E-state index contributed by atoms with van der Waals surface area (Å²) in [5.41, 5.74) is 2.18. The van der Waals surface area contributed by atoms with Crippen LogP contribution in [0.5, 0.6) is 0 Å². The van der Waals surface area contributed by atoms with Crippen molar-refractivity contribution >= 4 is 27.5 Å². The lowest BCUT2D eigenvalue weighted by atomic mass is 10.1. The van der Waals surface area contributed by atoms with Gasteiger partial charge < -0.3 is 4.90 Å². The number of hydrogen-bond acceptors (Lipinski definition) is 3. The first-order chi connectivity index (χ1) is 13.8. The molecule has 2 aromatic rings. The fraction of sp³-hybridized carbons (Fsp3) is 0.318. The molecule has 0 spiro atoms. The van der Waals surface area contributed by atoms with Crippen molar-refractivity contribution in [1.29, 1.82) is 0 Å². The Hall–Kier alpha value is -2.33. The van der Waals surface area contributed by atoms with Crippen molar-refractivity contribution < 1.29 is 13.2 Å². The van der Waals surface area contributed by atoms with Crippen molar-refractivity contribution in [2.45, 2.75) is 31.2 Å². The first kappa shape index (κ1) is 21.4. The number of sulfonamides is 1. The van der Waals surface area contributed by atoms with E-state index in [4.69, 9.17) is 18.0 Å². The molecule has 1 amide bonds. The smallest absolute Gasteiger partial charge is 0.256 e. The normalized spacial score (nSPS) is 14.5. The number of carbonyl (C=O) groups excluding carboxylic acids is 1. The number of benzene rings is 2. The Morgan fingerprint density at radius 2 is 1.83 bits per heavy atom. The molecule has 1 aliphatic heterocycles. The molecule has 29 heavy (non-hydrogen) atoms. The summed E-state index contributed by atoms with van der Waals surface area (Å²) >= 11 is 6.26. The highest BCUT2D eigenvalue weighted by atomic mass is 35.5. The van der Waals surface area contributed by atoms with E-state index in [0.29, 0.717) is 19.6 Å². The largest absolute Gasteiger partial charge is 0.323 e. The Labute approximate surface area is 177 Å². The molecule has 0 saturated carbocycles. The van der Waals surface area contributed by atoms with E-state index < -0.39 is 15.9 Å². The maximum atomic E-state index is 13.2. The lowest BCUT2D eigenvalue weighted by Crippen LogP contribution is -2.32. The SMILES string of the molecule is C#CCN(Cc1ccc(C)cc1)C(=O)c1cc(S(=O)(=O)N2CCCC2)ccc1Cl. The first-order valence-electron chi connectivity index (χ1n) is 9.41. The lowest BCUT2D eigenvalue weighted by Gasteiger charge is -2.22. The average molecular weight is 431 g/mol. The van der Waals surface area contributed by atoms with Gasteiger partial charge in [0, 0.05) is 19.6 Å². The minimum Gasteiger partial charge on any atom is -0.323 e. The topological polar surface area (TPSA) is 57.7 Å². The Kier molecular flexibility index (Phi) is 6.63. The minimum atomic E-state index is -3.65. The summed E-state index contributed by atoms with van der Waals surface area (Å²) in [4.78, 5) is 14.7. The molecule has 1 aliphatic rings. The van der Waals surface area contributed by atoms with Gasteiger partial charge >= 0.3 is 0 Å². The van der Waals surface area contributed by atoms with Gasteiger partial charge in [0.05, 0.1) is 22.0 Å². The van der Waals surface area contributed by atoms with Gasteiger partial charge in [0.1, 0.15) is 0 Å². The van der Waals surface area contributed by atoms with Gasteiger partial charge in [-0.1, -0.05) is 47.4 Å². The molecule has 0 bridgehead atoms. The van der Waals surface area contributed by atoms with E-state index in [9.17, 15) is 13.2 Å². The van der Waals surface area contributed by atoms with Crippen molar-refractivity contribution in [2.24, 2.45) is 0 Å². The summed E-state index contributed by atoms with van der Waals surface area (Å²) in [5.74, 6) is 2.10. The molecule has 7 heteroatoms. The zero-order valence-electron chi connectivity index (χ0n) is 16.3. The molecule has 0 N–H and O–H groups in total. The first-order valence-corrected chi connectivity index (χ1v) is 11.2. The van der Waals surface area contributed by atoms with Crippen molar-refractivity contribution in [1.82, 2.24) is 9.21 Å². The van der Waals surface area contributed by atoms with E-state index in [-0.39, 0.29) is 22.0 Å². The third kappa shape index (κ3) is 4.81. The highest BCUT2D eigenvalue weighted by Gasteiger charge is 2.29. The number of aryl methyl sites for hydroxylation is 1. The van der Waals surface area contributed by atoms with Gasteiger partial charge in [-0.3, -0.25) is 4.79 Å². The number of halogens is 1. The second kappa shape index (κ2) is 9.00. The molecule has 1 heterocycles. The predicted octanol–water partition coefficient (Wildman–Crippen LogP) is 3.71. The van der Waals surface area contributed by atoms with E-state index in [2.05, 4.69) is 5.92 Å². The maximum absolute atomic E-state index is 13.2. The Morgan fingerprint density at radius 1 is 1.17 bits per heavy atom. The fourth-order valence-electron chi connectivity index (χ4n) is 3.30. The van der Waals surface area contributed by atoms with Crippen LogP contribution in [0.4, 0.5) is 0 Å². The van der Waals surface area contributed by atoms with Crippen molar-refractivity contribution in [3.05, 3.63) is 64.2 Å². The molecule has 0 atom stereocenters. The van der Waals surface area contributed by atoms with Crippen LogP contribution in [0.3, 0.4) is 0 Å². The van der Waals surface area contributed by atoms with Gasteiger partial charge in [0.15, 0.2) is 0 Å². The van der Waals surface area contributed by atoms with E-state index in [1.54, 1.807) is 0 Å². The van der Waals surface area contributed by atoms with Crippen LogP contribution in [0, 0.1) is 19.3 Å². The number of hydrogen-bond donors (Lipinski definition) is 0. The summed E-state index contributed by atoms with van der Waals surface area (Å²) < 4.78 is 27.2. The molecule has 0 unspecified atom stereocenters. The third-order valence-corrected chi connectivity index (χ3v) is 7.16. The number of amides is 1. The quantitative estimate of drug-likeness (QED) is 0.656. The minimum absolute atomic E-state index is 0.0724. The van der Waals surface area contributed by atoms with Crippen LogP contribution in [0.15, 0.2) is 47.4 Å². The number of rotatable bonds is 6. The Balaban J connectivity index is 1.91. The molecule has 0 aromatic heterocycles. The summed E-state index contributed by atoms with van der Waals surface area (Å²) in [5, 5.41) is 0.196. The molecule has 0 aliphatic carbocycles. The molecule has 152 valence electrons. The van der Waals surface area contributed by atoms with E-state index in [1.807, 2.05) is 31.2 Å². The van der Waals surface area contributed by atoms with Gasteiger partial charge in [0.25, 0.3) is 5.91 Å². The molecule has 5 nitrogen and oxygen atoms in total. The van der Waals surface area contributed by atoms with Gasteiger partial charge in [0.2, 0.25) is 10.0 Å². The van der Waals surface area contributed by atoms with Gasteiger partial charge in [-0.15, -0.1) is 6.42 Å². The van der Waals surface area contributed by atoms with E-state index in [0.717, 1.165) is 24.0 Å². The third-order valence-electron chi connectivity index (χ3n) is 4.93. The van der Waals surface area contributed by atoms with Gasteiger partial charge in [-0.2, -0.15) is 4.31 Å². The Morgan fingerprint density at radius 3 is 2.45 bits per heavy atom. The molecular formula is C22H23ClN2O3S. The molecule has 0 radical (unpaired) electrons. The van der Waals surface area contributed by atoms with Crippen LogP contribution >= 0.6 is 11.6 Å². The summed E-state index contributed by atoms with van der Waals surface area (Å²) in [6.07, 6.45) is 7.14. The summed E-state index contributed by atoms with van der Waals surface area (Å²) in [6.45, 7) is 3.37.